The molecule has 1 fully saturated rings. The molecule has 1 aromatic rings. The first-order chi connectivity index (χ1) is 9.00. The minimum Gasteiger partial charge on any atom is -0.383 e. The highest BCUT2D eigenvalue weighted by molar-refractivity contribution is 6.35. The third kappa shape index (κ3) is 2.79. The number of piperidine rings is 1. The van der Waals surface area contributed by atoms with E-state index in [2.05, 4.69) is 0 Å². The van der Waals surface area contributed by atoms with Crippen molar-refractivity contribution in [1.82, 2.24) is 4.90 Å². The largest absolute Gasteiger partial charge is 0.383 e. The lowest BCUT2D eigenvalue weighted by molar-refractivity contribution is -0.123. The number of hydrogen-bond acceptors (Lipinski definition) is 3. The second kappa shape index (κ2) is 5.45. The third-order valence-corrected chi connectivity index (χ3v) is 3.19. The molecule has 0 N–H and O–H groups in total. The zero-order chi connectivity index (χ0) is 14.0. The van der Waals surface area contributed by atoms with Crippen LogP contribution >= 0.6 is 11.6 Å². The van der Waals surface area contributed by atoms with Gasteiger partial charge in [-0.15, -0.1) is 0 Å². The fourth-order valence-corrected chi connectivity index (χ4v) is 2.24. The summed E-state index contributed by atoms with van der Waals surface area (Å²) in [5, 5.41) is 0.509. The number of carbonyl (C=O) groups is 2. The fourth-order valence-electron chi connectivity index (χ4n) is 2.00. The molecule has 5 heteroatoms. The van der Waals surface area contributed by atoms with Gasteiger partial charge < -0.3 is 9.80 Å². The Hall–Kier alpha value is -1.81. The van der Waals surface area contributed by atoms with E-state index in [0.717, 1.165) is 0 Å². The van der Waals surface area contributed by atoms with Crippen molar-refractivity contribution in [3.63, 3.8) is 0 Å². The van der Waals surface area contributed by atoms with Crippen LogP contribution in [0, 0.1) is 0 Å². The van der Waals surface area contributed by atoms with E-state index < -0.39 is 0 Å². The Morgan fingerprint density at radius 3 is 2.58 bits per heavy atom. The summed E-state index contributed by atoms with van der Waals surface area (Å²) in [7, 11) is 3.56. The Labute approximate surface area is 117 Å². The molecule has 0 spiro atoms. The lowest BCUT2D eigenvalue weighted by atomic mass is 10.0. The topological polar surface area (TPSA) is 40.6 Å². The summed E-state index contributed by atoms with van der Waals surface area (Å²) >= 11 is 6.10. The van der Waals surface area contributed by atoms with E-state index in [4.69, 9.17) is 11.6 Å². The minimum atomic E-state index is -0.293. The molecule has 0 bridgehead atoms. The summed E-state index contributed by atoms with van der Waals surface area (Å²) < 4.78 is 0. The zero-order valence-electron chi connectivity index (χ0n) is 10.9. The van der Waals surface area contributed by atoms with E-state index in [1.807, 2.05) is 12.1 Å². The van der Waals surface area contributed by atoms with E-state index in [-0.39, 0.29) is 17.3 Å². The molecule has 0 aliphatic carbocycles. The van der Waals surface area contributed by atoms with Crippen molar-refractivity contribution >= 4 is 29.0 Å². The molecular weight excluding hydrogens is 264 g/mol. The molecule has 0 atom stereocenters. The van der Waals surface area contributed by atoms with Gasteiger partial charge in [0.15, 0.2) is 5.78 Å². The number of benzene rings is 1. The van der Waals surface area contributed by atoms with Crippen LogP contribution in [0.1, 0.15) is 6.42 Å². The number of amides is 1. The average molecular weight is 279 g/mol. The number of hydrogen-bond donors (Lipinski definition) is 0. The van der Waals surface area contributed by atoms with Crippen LogP contribution in [0.25, 0.3) is 0 Å². The standard InChI is InChI=1S/C14H15ClN2O2/c1-16(2)9-10-13(18)7-8-17(14(10)19)12-6-4-3-5-11(12)15/h3-6,9H,7-8H2,1-2H3/b10-9-. The number of rotatable bonds is 2. The van der Waals surface area contributed by atoms with Crippen LogP contribution in [0.2, 0.25) is 5.02 Å². The lowest BCUT2D eigenvalue weighted by Gasteiger charge is -2.28. The second-order valence-electron chi connectivity index (χ2n) is 4.59. The zero-order valence-corrected chi connectivity index (χ0v) is 11.6. The van der Waals surface area contributed by atoms with Gasteiger partial charge in [0.2, 0.25) is 0 Å². The molecule has 4 nitrogen and oxygen atoms in total. The van der Waals surface area contributed by atoms with Gasteiger partial charge in [0.25, 0.3) is 5.91 Å². The number of anilines is 1. The third-order valence-electron chi connectivity index (χ3n) is 2.87. The van der Waals surface area contributed by atoms with Crippen molar-refractivity contribution in [2.24, 2.45) is 0 Å². The minimum absolute atomic E-state index is 0.123. The van der Waals surface area contributed by atoms with E-state index >= 15 is 0 Å². The van der Waals surface area contributed by atoms with Crippen molar-refractivity contribution in [3.8, 4) is 0 Å². The molecule has 19 heavy (non-hydrogen) atoms. The number of Topliss-reactive ketones (excluding diaryl/α,β-unsaturated/α-hetero) is 1. The summed E-state index contributed by atoms with van der Waals surface area (Å²) in [6, 6.07) is 7.14. The van der Waals surface area contributed by atoms with Gasteiger partial charge in [-0.2, -0.15) is 0 Å². The molecule has 1 amide bonds. The van der Waals surface area contributed by atoms with Crippen LogP contribution in [-0.2, 0) is 9.59 Å². The maximum Gasteiger partial charge on any atom is 0.263 e. The van der Waals surface area contributed by atoms with Gasteiger partial charge in [-0.25, -0.2) is 0 Å². The van der Waals surface area contributed by atoms with Crippen LogP contribution in [0.5, 0.6) is 0 Å². The molecule has 1 aliphatic rings. The molecule has 0 radical (unpaired) electrons. The highest BCUT2D eigenvalue weighted by Crippen LogP contribution is 2.29. The molecule has 0 saturated carbocycles. The van der Waals surface area contributed by atoms with Crippen molar-refractivity contribution in [2.45, 2.75) is 6.42 Å². The lowest BCUT2D eigenvalue weighted by Crippen LogP contribution is -2.41. The molecule has 0 aromatic heterocycles. The van der Waals surface area contributed by atoms with Gasteiger partial charge in [0.1, 0.15) is 0 Å². The van der Waals surface area contributed by atoms with E-state index in [1.54, 1.807) is 42.2 Å². The predicted octanol–water partition coefficient (Wildman–Crippen LogP) is 2.09. The summed E-state index contributed by atoms with van der Waals surface area (Å²) in [6.07, 6.45) is 1.88. The van der Waals surface area contributed by atoms with E-state index in [9.17, 15) is 9.59 Å². The van der Waals surface area contributed by atoms with Crippen molar-refractivity contribution in [2.75, 3.05) is 25.5 Å². The predicted molar refractivity (Wildman–Crippen MR) is 75.2 cm³/mol. The monoisotopic (exact) mass is 278 g/mol. The molecule has 100 valence electrons. The number of carbonyl (C=O) groups excluding carboxylic acids is 2. The average Bonchev–Trinajstić information content (AvgIpc) is 2.36. The Morgan fingerprint density at radius 1 is 1.26 bits per heavy atom. The Bertz CT molecular complexity index is 552. The molecule has 1 aliphatic heterocycles. The van der Waals surface area contributed by atoms with E-state index in [0.29, 0.717) is 23.7 Å². The van der Waals surface area contributed by atoms with Gasteiger partial charge >= 0.3 is 0 Å². The van der Waals surface area contributed by atoms with Crippen molar-refractivity contribution in [3.05, 3.63) is 41.1 Å². The quantitative estimate of drug-likeness (QED) is 0.614. The van der Waals surface area contributed by atoms with Gasteiger partial charge in [0.05, 0.1) is 16.3 Å². The van der Waals surface area contributed by atoms with Crippen molar-refractivity contribution < 1.29 is 9.59 Å². The smallest absolute Gasteiger partial charge is 0.263 e. The van der Waals surface area contributed by atoms with Crippen LogP contribution in [-0.4, -0.2) is 37.2 Å². The first kappa shape index (κ1) is 13.6. The summed E-state index contributed by atoms with van der Waals surface area (Å²) in [4.78, 5) is 27.5. The summed E-state index contributed by atoms with van der Waals surface area (Å²) in [5.74, 6) is -0.417. The maximum atomic E-state index is 12.4. The highest BCUT2D eigenvalue weighted by atomic mass is 35.5. The van der Waals surface area contributed by atoms with Gasteiger partial charge in [-0.1, -0.05) is 23.7 Å². The fraction of sp³-hybridized carbons (Fsp3) is 0.286. The first-order valence-corrected chi connectivity index (χ1v) is 6.36. The molecular formula is C14H15ClN2O2. The van der Waals surface area contributed by atoms with Crippen LogP contribution in [0.15, 0.2) is 36.0 Å². The maximum absolute atomic E-state index is 12.4. The number of para-hydroxylation sites is 1. The molecule has 2 rings (SSSR count). The normalized spacial score (nSPS) is 18.1. The second-order valence-corrected chi connectivity index (χ2v) is 4.99. The van der Waals surface area contributed by atoms with Gasteiger partial charge in [-0.05, 0) is 12.1 Å². The molecule has 0 unspecified atom stereocenters. The molecule has 1 aromatic carbocycles. The molecule has 1 heterocycles. The van der Waals surface area contributed by atoms with Gasteiger partial charge in [0, 0.05) is 33.3 Å². The summed E-state index contributed by atoms with van der Waals surface area (Å²) in [6.45, 7) is 0.367. The SMILES string of the molecule is CN(C)/C=C1/C(=O)CCN(c2ccccc2Cl)C1=O. The summed E-state index contributed by atoms with van der Waals surface area (Å²) in [5.41, 5.74) is 0.850. The Morgan fingerprint density at radius 2 is 1.95 bits per heavy atom. The van der Waals surface area contributed by atoms with Crippen LogP contribution < -0.4 is 4.90 Å². The Kier molecular flexibility index (Phi) is 3.90. The highest BCUT2D eigenvalue weighted by Gasteiger charge is 2.31. The number of nitrogens with zero attached hydrogens (tertiary/aromatic N) is 2. The van der Waals surface area contributed by atoms with Gasteiger partial charge in [-0.3, -0.25) is 9.59 Å². The number of ketones is 1. The number of halogens is 1. The first-order valence-electron chi connectivity index (χ1n) is 5.98. The molecule has 1 saturated heterocycles. The Balaban J connectivity index is 2.37. The van der Waals surface area contributed by atoms with Crippen molar-refractivity contribution in [1.29, 1.82) is 0 Å². The van der Waals surface area contributed by atoms with E-state index in [1.165, 1.54) is 0 Å². The van der Waals surface area contributed by atoms with Crippen LogP contribution in [0.4, 0.5) is 5.69 Å². The van der Waals surface area contributed by atoms with Crippen LogP contribution in [0.3, 0.4) is 0 Å².